The van der Waals surface area contributed by atoms with Gasteiger partial charge >= 0.3 is 0 Å². The maximum Gasteiger partial charge on any atom is 0.165 e. The summed E-state index contributed by atoms with van der Waals surface area (Å²) in [5.74, 6) is 1.53. The molecule has 5 nitrogen and oxygen atoms in total. The zero-order valence-corrected chi connectivity index (χ0v) is 14.2. The summed E-state index contributed by atoms with van der Waals surface area (Å²) in [6.45, 7) is 7.01. The van der Waals surface area contributed by atoms with Crippen LogP contribution in [0.5, 0.6) is 11.5 Å². The maximum absolute atomic E-state index is 5.48. The summed E-state index contributed by atoms with van der Waals surface area (Å²) in [7, 11) is 5.30. The van der Waals surface area contributed by atoms with E-state index in [4.69, 9.17) is 9.47 Å². The fourth-order valence-electron chi connectivity index (χ4n) is 2.87. The Labute approximate surface area is 132 Å². The van der Waals surface area contributed by atoms with Gasteiger partial charge in [-0.25, -0.2) is 0 Å². The third-order valence-electron chi connectivity index (χ3n) is 4.08. The van der Waals surface area contributed by atoms with E-state index in [9.17, 15) is 0 Å². The predicted octanol–water partition coefficient (Wildman–Crippen LogP) is 2.90. The minimum Gasteiger partial charge on any atom is -0.493 e. The van der Waals surface area contributed by atoms with Crippen molar-refractivity contribution in [2.45, 2.75) is 33.4 Å². The van der Waals surface area contributed by atoms with Crippen LogP contribution in [0.3, 0.4) is 0 Å². The number of rotatable bonds is 6. The highest BCUT2D eigenvalue weighted by molar-refractivity contribution is 5.46. The Morgan fingerprint density at radius 1 is 1.23 bits per heavy atom. The number of nitrogens with one attached hydrogen (secondary N) is 1. The van der Waals surface area contributed by atoms with Crippen LogP contribution in [0.25, 0.3) is 0 Å². The van der Waals surface area contributed by atoms with E-state index >= 15 is 0 Å². The molecule has 1 heterocycles. The normalized spacial score (nSPS) is 12.3. The zero-order valence-electron chi connectivity index (χ0n) is 14.2. The monoisotopic (exact) mass is 303 g/mol. The number of aryl methyl sites for hydroxylation is 2. The molecule has 0 fully saturated rings. The summed E-state index contributed by atoms with van der Waals surface area (Å²) in [5, 5.41) is 8.03. The van der Waals surface area contributed by atoms with Crippen molar-refractivity contribution >= 4 is 0 Å². The Kier molecular flexibility index (Phi) is 5.08. The Morgan fingerprint density at radius 3 is 2.50 bits per heavy atom. The molecule has 2 aromatic rings. The second-order valence-electron chi connectivity index (χ2n) is 5.46. The lowest BCUT2D eigenvalue weighted by Gasteiger charge is -2.17. The van der Waals surface area contributed by atoms with E-state index in [1.165, 1.54) is 11.3 Å². The van der Waals surface area contributed by atoms with Gasteiger partial charge in [0.2, 0.25) is 0 Å². The maximum atomic E-state index is 5.48. The minimum atomic E-state index is 0.213. The molecular weight excluding hydrogens is 278 g/mol. The molecule has 0 aliphatic carbocycles. The van der Waals surface area contributed by atoms with Crippen LogP contribution < -0.4 is 14.8 Å². The molecular formula is C17H25N3O2. The summed E-state index contributed by atoms with van der Waals surface area (Å²) in [6, 6.07) is 6.14. The lowest BCUT2D eigenvalue weighted by Crippen LogP contribution is -2.19. The van der Waals surface area contributed by atoms with E-state index < -0.39 is 0 Å². The molecule has 0 saturated carbocycles. The predicted molar refractivity (Wildman–Crippen MR) is 87.5 cm³/mol. The van der Waals surface area contributed by atoms with Crippen LogP contribution in [0.1, 0.15) is 35.5 Å². The van der Waals surface area contributed by atoms with Crippen LogP contribution in [0.15, 0.2) is 18.2 Å². The minimum absolute atomic E-state index is 0.213. The Balaban J connectivity index is 2.16. The second kappa shape index (κ2) is 6.83. The van der Waals surface area contributed by atoms with Crippen molar-refractivity contribution in [1.29, 1.82) is 0 Å². The fraction of sp³-hybridized carbons (Fsp3) is 0.471. The largest absolute Gasteiger partial charge is 0.493 e. The van der Waals surface area contributed by atoms with Gasteiger partial charge in [0.05, 0.1) is 19.9 Å². The number of aromatic nitrogens is 2. The van der Waals surface area contributed by atoms with Gasteiger partial charge in [0.1, 0.15) is 0 Å². The average Bonchev–Trinajstić information content (AvgIpc) is 2.77. The Hall–Kier alpha value is -2.01. The molecule has 0 unspecified atom stereocenters. The molecule has 0 spiro atoms. The van der Waals surface area contributed by atoms with Gasteiger partial charge in [0, 0.05) is 36.5 Å². The van der Waals surface area contributed by atoms with Crippen molar-refractivity contribution in [1.82, 2.24) is 15.1 Å². The van der Waals surface area contributed by atoms with Crippen molar-refractivity contribution in [2.75, 3.05) is 14.2 Å². The number of nitrogens with zero attached hydrogens (tertiary/aromatic N) is 2. The highest BCUT2D eigenvalue weighted by Gasteiger charge is 2.17. The van der Waals surface area contributed by atoms with Gasteiger partial charge in [-0.2, -0.15) is 5.10 Å². The smallest absolute Gasteiger partial charge is 0.165 e. The average molecular weight is 303 g/mol. The quantitative estimate of drug-likeness (QED) is 0.891. The second-order valence-corrected chi connectivity index (χ2v) is 5.46. The highest BCUT2D eigenvalue weighted by atomic mass is 16.5. The molecule has 0 saturated heterocycles. The third-order valence-corrected chi connectivity index (χ3v) is 4.08. The van der Waals surface area contributed by atoms with Gasteiger partial charge in [-0.15, -0.1) is 0 Å². The first-order valence-corrected chi connectivity index (χ1v) is 7.42. The number of methoxy groups -OCH3 is 2. The first-order valence-electron chi connectivity index (χ1n) is 7.42. The van der Waals surface area contributed by atoms with E-state index in [0.29, 0.717) is 6.54 Å². The van der Waals surface area contributed by atoms with Gasteiger partial charge in [-0.05, 0) is 26.8 Å². The number of benzene rings is 1. The van der Waals surface area contributed by atoms with Crippen LogP contribution in [-0.2, 0) is 13.6 Å². The highest BCUT2D eigenvalue weighted by Crippen LogP contribution is 2.31. The number of ether oxygens (including phenoxy) is 2. The molecule has 1 aromatic carbocycles. The van der Waals surface area contributed by atoms with Crippen LogP contribution in [0, 0.1) is 13.8 Å². The van der Waals surface area contributed by atoms with Gasteiger partial charge in [0.15, 0.2) is 11.5 Å². The summed E-state index contributed by atoms with van der Waals surface area (Å²) >= 11 is 0. The lowest BCUT2D eigenvalue weighted by atomic mass is 10.1. The molecule has 0 amide bonds. The molecule has 2 rings (SSSR count). The SMILES string of the molecule is COc1cccc(CN[C@H](C)c2c(C)nn(C)c2C)c1OC. The molecule has 22 heavy (non-hydrogen) atoms. The van der Waals surface area contributed by atoms with Crippen LogP contribution in [0.4, 0.5) is 0 Å². The van der Waals surface area contributed by atoms with Crippen molar-refractivity contribution in [3.05, 3.63) is 40.7 Å². The van der Waals surface area contributed by atoms with E-state index in [2.05, 4.69) is 24.3 Å². The van der Waals surface area contributed by atoms with Crippen molar-refractivity contribution < 1.29 is 9.47 Å². The first kappa shape index (κ1) is 16.4. The molecule has 0 aliphatic rings. The van der Waals surface area contributed by atoms with Crippen molar-refractivity contribution in [3.63, 3.8) is 0 Å². The molecule has 1 N–H and O–H groups in total. The summed E-state index contributed by atoms with van der Waals surface area (Å²) < 4.78 is 12.7. The molecule has 1 atom stereocenters. The number of hydrogen-bond donors (Lipinski definition) is 1. The fourth-order valence-corrected chi connectivity index (χ4v) is 2.87. The van der Waals surface area contributed by atoms with E-state index in [0.717, 1.165) is 22.8 Å². The van der Waals surface area contributed by atoms with E-state index in [-0.39, 0.29) is 6.04 Å². The number of hydrogen-bond acceptors (Lipinski definition) is 4. The molecule has 5 heteroatoms. The Morgan fingerprint density at radius 2 is 1.95 bits per heavy atom. The van der Waals surface area contributed by atoms with Gasteiger partial charge in [-0.3, -0.25) is 4.68 Å². The van der Waals surface area contributed by atoms with Crippen LogP contribution >= 0.6 is 0 Å². The van der Waals surface area contributed by atoms with Crippen molar-refractivity contribution in [3.8, 4) is 11.5 Å². The Bertz CT molecular complexity index is 650. The summed E-state index contributed by atoms with van der Waals surface area (Å²) in [5.41, 5.74) is 4.59. The molecule has 0 aliphatic heterocycles. The van der Waals surface area contributed by atoms with Gasteiger partial charge in [0.25, 0.3) is 0 Å². The topological polar surface area (TPSA) is 48.3 Å². The van der Waals surface area contributed by atoms with Crippen molar-refractivity contribution in [2.24, 2.45) is 7.05 Å². The third kappa shape index (κ3) is 3.09. The summed E-state index contributed by atoms with van der Waals surface area (Å²) in [6.07, 6.45) is 0. The molecule has 0 bridgehead atoms. The standard InChI is InChI=1S/C17H25N3O2/c1-11(16-12(2)19-20(4)13(16)3)18-10-14-8-7-9-15(21-5)17(14)22-6/h7-9,11,18H,10H2,1-6H3/t11-/m1/s1. The lowest BCUT2D eigenvalue weighted by molar-refractivity contribution is 0.350. The first-order chi connectivity index (χ1) is 10.5. The van der Waals surface area contributed by atoms with Crippen LogP contribution in [0.2, 0.25) is 0 Å². The van der Waals surface area contributed by atoms with E-state index in [1.807, 2.05) is 36.9 Å². The van der Waals surface area contributed by atoms with Gasteiger partial charge in [-0.1, -0.05) is 12.1 Å². The van der Waals surface area contributed by atoms with Crippen LogP contribution in [-0.4, -0.2) is 24.0 Å². The number of para-hydroxylation sites is 1. The molecule has 0 radical (unpaired) electrons. The zero-order chi connectivity index (χ0) is 16.3. The molecule has 1 aromatic heterocycles. The molecule has 120 valence electrons. The van der Waals surface area contributed by atoms with Gasteiger partial charge < -0.3 is 14.8 Å². The summed E-state index contributed by atoms with van der Waals surface area (Å²) in [4.78, 5) is 0. The van der Waals surface area contributed by atoms with E-state index in [1.54, 1.807) is 14.2 Å².